The average Bonchev–Trinajstić information content (AvgIpc) is 2.66. The molecule has 0 bridgehead atoms. The smallest absolute Gasteiger partial charge is 0.211 e. The minimum absolute atomic E-state index is 0.130. The summed E-state index contributed by atoms with van der Waals surface area (Å²) in [5, 5.41) is 0. The number of nitrogens with zero attached hydrogens (tertiary/aromatic N) is 2. The van der Waals surface area contributed by atoms with Crippen LogP contribution in [0.4, 0.5) is 0 Å². The maximum atomic E-state index is 5.77. The molecule has 1 aliphatic heterocycles. The molecule has 4 nitrogen and oxygen atoms in total. The minimum Gasteiger partial charge on any atom is -0.444 e. The van der Waals surface area contributed by atoms with Crippen molar-refractivity contribution in [2.24, 2.45) is 5.73 Å². The van der Waals surface area contributed by atoms with Gasteiger partial charge in [-0.15, -0.1) is 0 Å². The summed E-state index contributed by atoms with van der Waals surface area (Å²) in [5.74, 6) is 1.77. The molecule has 1 aromatic rings. The van der Waals surface area contributed by atoms with Crippen LogP contribution in [0.25, 0.3) is 0 Å². The predicted molar refractivity (Wildman–Crippen MR) is 63.1 cm³/mol. The third-order valence-electron chi connectivity index (χ3n) is 3.15. The van der Waals surface area contributed by atoms with Crippen molar-refractivity contribution in [1.82, 2.24) is 9.88 Å². The molecule has 0 saturated carbocycles. The second-order valence-corrected chi connectivity index (χ2v) is 4.84. The Kier molecular flexibility index (Phi) is 3.61. The van der Waals surface area contributed by atoms with Crippen molar-refractivity contribution >= 4 is 0 Å². The predicted octanol–water partition coefficient (Wildman–Crippen LogP) is 1.72. The highest BCUT2D eigenvalue weighted by Gasteiger charge is 2.24. The quantitative estimate of drug-likeness (QED) is 0.847. The van der Waals surface area contributed by atoms with E-state index in [9.17, 15) is 0 Å². The van der Waals surface area contributed by atoms with E-state index in [2.05, 4.69) is 16.9 Å². The van der Waals surface area contributed by atoms with Crippen molar-refractivity contribution in [3.8, 4) is 0 Å². The summed E-state index contributed by atoms with van der Waals surface area (Å²) in [4.78, 5) is 6.70. The van der Waals surface area contributed by atoms with Crippen LogP contribution in [-0.4, -0.2) is 29.5 Å². The van der Waals surface area contributed by atoms with Crippen molar-refractivity contribution in [3.05, 3.63) is 17.8 Å². The zero-order valence-electron chi connectivity index (χ0n) is 10.1. The maximum Gasteiger partial charge on any atom is 0.211 e. The molecule has 2 unspecified atom stereocenters. The molecular weight excluding hydrogens is 202 g/mol. The number of piperidine rings is 1. The van der Waals surface area contributed by atoms with Crippen LogP contribution in [0.5, 0.6) is 0 Å². The van der Waals surface area contributed by atoms with Gasteiger partial charge in [0.1, 0.15) is 5.76 Å². The van der Waals surface area contributed by atoms with E-state index in [4.69, 9.17) is 10.2 Å². The zero-order chi connectivity index (χ0) is 11.5. The van der Waals surface area contributed by atoms with Crippen LogP contribution >= 0.6 is 0 Å². The summed E-state index contributed by atoms with van der Waals surface area (Å²) in [7, 11) is 2.14. The molecule has 0 spiro atoms. The van der Waals surface area contributed by atoms with E-state index < -0.39 is 0 Å². The summed E-state index contributed by atoms with van der Waals surface area (Å²) >= 11 is 0. The molecule has 90 valence electrons. The molecule has 4 heteroatoms. The first kappa shape index (κ1) is 11.6. The number of likely N-dealkylation sites (tertiary alicyclic amines) is 1. The zero-order valence-corrected chi connectivity index (χ0v) is 10.1. The monoisotopic (exact) mass is 223 g/mol. The Labute approximate surface area is 96.8 Å². The Balaban J connectivity index is 2.05. The molecule has 2 atom stereocenters. The molecule has 0 radical (unpaired) electrons. The van der Waals surface area contributed by atoms with E-state index in [-0.39, 0.29) is 6.04 Å². The SMILES string of the molecule is CC(N)Cc1cnc(C2CCCCN2C)o1. The lowest BCUT2D eigenvalue weighted by Gasteiger charge is -2.29. The van der Waals surface area contributed by atoms with E-state index in [0.717, 1.165) is 31.0 Å². The molecule has 1 aromatic heterocycles. The summed E-state index contributed by atoms with van der Waals surface area (Å²) < 4.78 is 5.77. The van der Waals surface area contributed by atoms with Crippen molar-refractivity contribution in [3.63, 3.8) is 0 Å². The van der Waals surface area contributed by atoms with Gasteiger partial charge in [-0.3, -0.25) is 4.90 Å². The highest BCUT2D eigenvalue weighted by molar-refractivity contribution is 5.00. The first-order valence-electron chi connectivity index (χ1n) is 6.07. The second kappa shape index (κ2) is 4.97. The average molecular weight is 223 g/mol. The van der Waals surface area contributed by atoms with Gasteiger partial charge in [0.25, 0.3) is 0 Å². The van der Waals surface area contributed by atoms with Gasteiger partial charge in [0, 0.05) is 12.5 Å². The van der Waals surface area contributed by atoms with Gasteiger partial charge in [-0.05, 0) is 33.4 Å². The first-order chi connectivity index (χ1) is 7.66. The van der Waals surface area contributed by atoms with Gasteiger partial charge in [0.2, 0.25) is 5.89 Å². The highest BCUT2D eigenvalue weighted by Crippen LogP contribution is 2.29. The molecule has 0 aromatic carbocycles. The highest BCUT2D eigenvalue weighted by atomic mass is 16.4. The summed E-state index contributed by atoms with van der Waals surface area (Å²) in [6.45, 7) is 3.12. The van der Waals surface area contributed by atoms with E-state index >= 15 is 0 Å². The van der Waals surface area contributed by atoms with Gasteiger partial charge in [-0.2, -0.15) is 0 Å². The standard InChI is InChI=1S/C12H21N3O/c1-9(13)7-10-8-14-12(16-10)11-5-3-4-6-15(11)2/h8-9,11H,3-7,13H2,1-2H3. The Bertz CT molecular complexity index is 335. The van der Waals surface area contributed by atoms with E-state index in [0.29, 0.717) is 6.04 Å². The molecule has 16 heavy (non-hydrogen) atoms. The number of hydrogen-bond acceptors (Lipinski definition) is 4. The van der Waals surface area contributed by atoms with Crippen LogP contribution in [0.2, 0.25) is 0 Å². The molecule has 0 amide bonds. The normalized spacial score (nSPS) is 24.6. The number of hydrogen-bond donors (Lipinski definition) is 1. The topological polar surface area (TPSA) is 55.3 Å². The Morgan fingerprint density at radius 2 is 2.44 bits per heavy atom. The van der Waals surface area contributed by atoms with Crippen molar-refractivity contribution < 1.29 is 4.42 Å². The van der Waals surface area contributed by atoms with Crippen LogP contribution in [-0.2, 0) is 6.42 Å². The Hall–Kier alpha value is -0.870. The van der Waals surface area contributed by atoms with Crippen LogP contribution in [0.3, 0.4) is 0 Å². The molecule has 1 fully saturated rings. The number of rotatable bonds is 3. The summed E-state index contributed by atoms with van der Waals surface area (Å²) in [6, 6.07) is 0.487. The molecule has 2 heterocycles. The summed E-state index contributed by atoms with van der Waals surface area (Å²) in [5.41, 5.74) is 5.74. The van der Waals surface area contributed by atoms with Crippen LogP contribution < -0.4 is 5.73 Å². The fourth-order valence-electron chi connectivity index (χ4n) is 2.28. The molecule has 0 aliphatic carbocycles. The summed E-state index contributed by atoms with van der Waals surface area (Å²) in [6.07, 6.45) is 6.28. The number of aromatic nitrogens is 1. The third kappa shape index (κ3) is 2.62. The molecule has 1 aliphatic rings. The molecule has 2 N–H and O–H groups in total. The van der Waals surface area contributed by atoms with Crippen LogP contribution in [0.1, 0.15) is 43.9 Å². The van der Waals surface area contributed by atoms with Gasteiger partial charge in [0.15, 0.2) is 0 Å². The van der Waals surface area contributed by atoms with Crippen LogP contribution in [0, 0.1) is 0 Å². The fourth-order valence-corrected chi connectivity index (χ4v) is 2.28. The van der Waals surface area contributed by atoms with E-state index in [1.807, 2.05) is 13.1 Å². The van der Waals surface area contributed by atoms with Crippen molar-refractivity contribution in [2.75, 3.05) is 13.6 Å². The lowest BCUT2D eigenvalue weighted by atomic mass is 10.0. The molecule has 1 saturated heterocycles. The van der Waals surface area contributed by atoms with Gasteiger partial charge in [-0.25, -0.2) is 4.98 Å². The lowest BCUT2D eigenvalue weighted by molar-refractivity contribution is 0.157. The van der Waals surface area contributed by atoms with Crippen LogP contribution in [0.15, 0.2) is 10.6 Å². The van der Waals surface area contributed by atoms with Gasteiger partial charge in [0.05, 0.1) is 12.2 Å². The van der Waals surface area contributed by atoms with E-state index in [1.165, 1.54) is 12.8 Å². The Morgan fingerprint density at radius 1 is 1.62 bits per heavy atom. The molecular formula is C12H21N3O. The first-order valence-corrected chi connectivity index (χ1v) is 6.07. The lowest BCUT2D eigenvalue weighted by Crippen LogP contribution is -2.29. The Morgan fingerprint density at radius 3 is 3.12 bits per heavy atom. The minimum atomic E-state index is 0.130. The maximum absolute atomic E-state index is 5.77. The largest absolute Gasteiger partial charge is 0.444 e. The third-order valence-corrected chi connectivity index (χ3v) is 3.15. The fraction of sp³-hybridized carbons (Fsp3) is 0.750. The van der Waals surface area contributed by atoms with Gasteiger partial charge < -0.3 is 10.2 Å². The van der Waals surface area contributed by atoms with Crippen molar-refractivity contribution in [2.45, 2.75) is 44.7 Å². The number of nitrogens with two attached hydrogens (primary N) is 1. The van der Waals surface area contributed by atoms with Gasteiger partial charge >= 0.3 is 0 Å². The van der Waals surface area contributed by atoms with Crippen molar-refractivity contribution in [1.29, 1.82) is 0 Å². The number of oxazole rings is 1. The van der Waals surface area contributed by atoms with Gasteiger partial charge in [-0.1, -0.05) is 6.42 Å². The van der Waals surface area contributed by atoms with E-state index in [1.54, 1.807) is 0 Å². The second-order valence-electron chi connectivity index (χ2n) is 4.84. The molecule has 2 rings (SSSR count).